The van der Waals surface area contributed by atoms with Crippen molar-refractivity contribution in [2.75, 3.05) is 28.8 Å². The lowest BCUT2D eigenvalue weighted by atomic mass is 10.0. The van der Waals surface area contributed by atoms with E-state index in [2.05, 4.69) is 0 Å². The fourth-order valence-electron chi connectivity index (χ4n) is 3.40. The van der Waals surface area contributed by atoms with E-state index in [1.165, 1.54) is 6.08 Å². The molecule has 166 valence electrons. The quantitative estimate of drug-likeness (QED) is 0.358. The van der Waals surface area contributed by atoms with Crippen molar-refractivity contribution in [3.05, 3.63) is 94.0 Å². The van der Waals surface area contributed by atoms with E-state index in [1.807, 2.05) is 31.1 Å². The van der Waals surface area contributed by atoms with E-state index >= 15 is 0 Å². The van der Waals surface area contributed by atoms with Crippen molar-refractivity contribution in [1.82, 2.24) is 0 Å². The molecule has 1 aliphatic rings. The first-order valence-electron chi connectivity index (χ1n) is 9.99. The van der Waals surface area contributed by atoms with Crippen molar-refractivity contribution in [3.8, 4) is 0 Å². The number of nitrogens with zero attached hydrogens (tertiary/aromatic N) is 3. The van der Waals surface area contributed by atoms with Gasteiger partial charge in [0.2, 0.25) is 0 Å². The molecule has 8 heteroatoms. The number of hydrogen-bond donors (Lipinski definition) is 0. The van der Waals surface area contributed by atoms with Crippen molar-refractivity contribution >= 4 is 64.2 Å². The Morgan fingerprint density at radius 2 is 1.09 bits per heavy atom. The number of anilines is 3. The number of barbiturate groups is 1. The Hall–Kier alpha value is -3.61. The third-order valence-corrected chi connectivity index (χ3v) is 5.64. The van der Waals surface area contributed by atoms with Crippen molar-refractivity contribution in [1.29, 1.82) is 0 Å². The van der Waals surface area contributed by atoms with Crippen LogP contribution in [0.4, 0.5) is 21.9 Å². The average molecular weight is 480 g/mol. The Kier molecular flexibility index (Phi) is 6.22. The highest BCUT2D eigenvalue weighted by molar-refractivity contribution is 6.46. The summed E-state index contributed by atoms with van der Waals surface area (Å²) in [5, 5.41) is 0.913. The standard InChI is InChI=1S/C25H19Cl2N3O3/c1-28(2)19-9-3-16(4-10-19)15-22-23(31)29(20-11-5-17(26)6-12-20)25(33)30(24(22)32)21-13-7-18(27)8-14-21/h3-15H,1-2H3. The summed E-state index contributed by atoms with van der Waals surface area (Å²) < 4.78 is 0. The van der Waals surface area contributed by atoms with Gasteiger partial charge in [0.15, 0.2) is 0 Å². The van der Waals surface area contributed by atoms with Gasteiger partial charge in [-0.1, -0.05) is 35.3 Å². The molecule has 0 saturated carbocycles. The summed E-state index contributed by atoms with van der Waals surface area (Å²) >= 11 is 12.0. The van der Waals surface area contributed by atoms with Crippen molar-refractivity contribution < 1.29 is 14.4 Å². The maximum atomic E-state index is 13.4. The van der Waals surface area contributed by atoms with Crippen LogP contribution in [-0.4, -0.2) is 31.9 Å². The monoisotopic (exact) mass is 479 g/mol. The molecule has 0 aliphatic carbocycles. The second-order valence-electron chi connectivity index (χ2n) is 7.56. The minimum absolute atomic E-state index is 0.142. The van der Waals surface area contributed by atoms with E-state index in [1.54, 1.807) is 60.7 Å². The topological polar surface area (TPSA) is 60.9 Å². The molecule has 33 heavy (non-hydrogen) atoms. The van der Waals surface area contributed by atoms with Gasteiger partial charge in [-0.2, -0.15) is 0 Å². The summed E-state index contributed by atoms with van der Waals surface area (Å²) in [5.74, 6) is -1.43. The lowest BCUT2D eigenvalue weighted by Crippen LogP contribution is -2.57. The van der Waals surface area contributed by atoms with E-state index in [0.29, 0.717) is 27.0 Å². The number of carbonyl (C=O) groups is 3. The van der Waals surface area contributed by atoms with Gasteiger partial charge in [0.25, 0.3) is 11.8 Å². The fraction of sp³-hybridized carbons (Fsp3) is 0.0800. The molecule has 3 aromatic carbocycles. The van der Waals surface area contributed by atoms with Gasteiger partial charge in [0.05, 0.1) is 11.4 Å². The third-order valence-electron chi connectivity index (χ3n) is 5.14. The molecule has 1 fully saturated rings. The molecule has 1 heterocycles. The summed E-state index contributed by atoms with van der Waals surface area (Å²) in [6.07, 6.45) is 1.49. The van der Waals surface area contributed by atoms with Crippen molar-refractivity contribution in [3.63, 3.8) is 0 Å². The van der Waals surface area contributed by atoms with E-state index in [-0.39, 0.29) is 5.57 Å². The maximum Gasteiger partial charge on any atom is 0.343 e. The first-order valence-corrected chi connectivity index (χ1v) is 10.7. The number of amides is 4. The number of rotatable bonds is 4. The first-order chi connectivity index (χ1) is 15.8. The predicted octanol–water partition coefficient (Wildman–Crippen LogP) is 5.64. The molecule has 0 radical (unpaired) electrons. The van der Waals surface area contributed by atoms with Crippen LogP contribution >= 0.6 is 23.2 Å². The van der Waals surface area contributed by atoms with Gasteiger partial charge in [0.1, 0.15) is 5.57 Å². The van der Waals surface area contributed by atoms with Crippen LogP contribution in [0.2, 0.25) is 10.0 Å². The molecular weight excluding hydrogens is 461 g/mol. The lowest BCUT2D eigenvalue weighted by Gasteiger charge is -2.34. The second-order valence-corrected chi connectivity index (χ2v) is 8.43. The molecule has 4 amide bonds. The largest absolute Gasteiger partial charge is 0.378 e. The molecule has 1 aliphatic heterocycles. The van der Waals surface area contributed by atoms with Crippen LogP contribution in [0, 0.1) is 0 Å². The number of imide groups is 2. The summed E-state index contributed by atoms with van der Waals surface area (Å²) in [4.78, 5) is 44.0. The molecule has 6 nitrogen and oxygen atoms in total. The van der Waals surface area contributed by atoms with Crippen LogP contribution in [-0.2, 0) is 9.59 Å². The number of hydrogen-bond acceptors (Lipinski definition) is 4. The summed E-state index contributed by atoms with van der Waals surface area (Å²) in [5.41, 5.74) is 2.08. The molecule has 3 aromatic rings. The maximum absolute atomic E-state index is 13.4. The first kappa shape index (κ1) is 22.6. The Morgan fingerprint density at radius 3 is 1.48 bits per heavy atom. The second kappa shape index (κ2) is 9.10. The third kappa shape index (κ3) is 4.49. The SMILES string of the molecule is CN(C)c1ccc(C=C2C(=O)N(c3ccc(Cl)cc3)C(=O)N(c3ccc(Cl)cc3)C2=O)cc1. The van der Waals surface area contributed by atoms with Crippen molar-refractivity contribution in [2.24, 2.45) is 0 Å². The van der Waals surface area contributed by atoms with Crippen LogP contribution in [0.3, 0.4) is 0 Å². The highest BCUT2D eigenvalue weighted by atomic mass is 35.5. The van der Waals surface area contributed by atoms with E-state index in [9.17, 15) is 14.4 Å². The molecule has 1 saturated heterocycles. The van der Waals surface area contributed by atoms with Gasteiger partial charge < -0.3 is 4.90 Å². The highest BCUT2D eigenvalue weighted by Crippen LogP contribution is 2.31. The zero-order chi connectivity index (χ0) is 23.7. The van der Waals surface area contributed by atoms with Crippen LogP contribution in [0.15, 0.2) is 78.4 Å². The van der Waals surface area contributed by atoms with Gasteiger partial charge in [-0.3, -0.25) is 9.59 Å². The number of halogens is 2. The molecule has 0 aromatic heterocycles. The van der Waals surface area contributed by atoms with Crippen molar-refractivity contribution in [2.45, 2.75) is 0 Å². The summed E-state index contributed by atoms with van der Waals surface area (Å²) in [6.45, 7) is 0. The fourth-order valence-corrected chi connectivity index (χ4v) is 3.65. The molecule has 0 N–H and O–H groups in total. The molecular formula is C25H19Cl2N3O3. The zero-order valence-electron chi connectivity index (χ0n) is 17.8. The Balaban J connectivity index is 1.83. The van der Waals surface area contributed by atoms with E-state index in [0.717, 1.165) is 15.5 Å². The molecule has 0 unspecified atom stereocenters. The van der Waals surface area contributed by atoms with Gasteiger partial charge >= 0.3 is 6.03 Å². The zero-order valence-corrected chi connectivity index (χ0v) is 19.3. The summed E-state index contributed by atoms with van der Waals surface area (Å²) in [7, 11) is 3.84. The average Bonchev–Trinajstić information content (AvgIpc) is 2.79. The van der Waals surface area contributed by atoms with Crippen LogP contribution < -0.4 is 14.7 Å². The minimum Gasteiger partial charge on any atom is -0.378 e. The van der Waals surface area contributed by atoms with Gasteiger partial charge in [-0.15, -0.1) is 0 Å². The number of carbonyl (C=O) groups excluding carboxylic acids is 3. The molecule has 0 bridgehead atoms. The van der Waals surface area contributed by atoms with Crippen LogP contribution in [0.25, 0.3) is 6.08 Å². The van der Waals surface area contributed by atoms with Gasteiger partial charge in [-0.25, -0.2) is 14.6 Å². The normalized spacial score (nSPS) is 14.1. The Bertz CT molecular complexity index is 1180. The smallest absolute Gasteiger partial charge is 0.343 e. The number of benzene rings is 3. The number of urea groups is 1. The molecule has 4 rings (SSSR count). The van der Waals surface area contributed by atoms with Gasteiger partial charge in [-0.05, 0) is 72.3 Å². The molecule has 0 atom stereocenters. The summed E-state index contributed by atoms with van der Waals surface area (Å²) in [6, 6.07) is 19.1. The predicted molar refractivity (Wildman–Crippen MR) is 132 cm³/mol. The molecule has 0 spiro atoms. The Morgan fingerprint density at radius 1 is 0.667 bits per heavy atom. The highest BCUT2D eigenvalue weighted by Gasteiger charge is 2.43. The van der Waals surface area contributed by atoms with Crippen LogP contribution in [0.5, 0.6) is 0 Å². The van der Waals surface area contributed by atoms with E-state index in [4.69, 9.17) is 23.2 Å². The van der Waals surface area contributed by atoms with Crippen LogP contribution in [0.1, 0.15) is 5.56 Å². The lowest BCUT2D eigenvalue weighted by molar-refractivity contribution is -0.121. The minimum atomic E-state index is -0.783. The Labute approximate surface area is 201 Å². The van der Waals surface area contributed by atoms with Gasteiger partial charge in [0, 0.05) is 29.8 Å². The van der Waals surface area contributed by atoms with E-state index < -0.39 is 17.8 Å².